The van der Waals surface area contributed by atoms with Crippen LogP contribution in [0, 0.1) is 15.9 Å². The van der Waals surface area contributed by atoms with Crippen molar-refractivity contribution >= 4 is 5.69 Å². The number of rotatable bonds is 8. The number of ether oxygens (including phenoxy) is 2. The lowest BCUT2D eigenvalue weighted by atomic mass is 10.2. The van der Waals surface area contributed by atoms with E-state index >= 15 is 0 Å². The molecule has 0 saturated carbocycles. The van der Waals surface area contributed by atoms with Crippen LogP contribution in [0.5, 0.6) is 11.5 Å². The monoisotopic (exact) mass is 272 g/mol. The Balaban J connectivity index is 2.76. The Morgan fingerprint density at radius 3 is 2.68 bits per heavy atom. The van der Waals surface area contributed by atoms with Crippen LogP contribution in [-0.4, -0.2) is 31.7 Å². The van der Waals surface area contributed by atoms with E-state index in [0.29, 0.717) is 6.54 Å². The molecule has 1 N–H and O–H groups in total. The fourth-order valence-electron chi connectivity index (χ4n) is 1.47. The maximum absolute atomic E-state index is 13.4. The van der Waals surface area contributed by atoms with Gasteiger partial charge in [0, 0.05) is 12.6 Å². The molecule has 0 spiro atoms. The van der Waals surface area contributed by atoms with Gasteiger partial charge in [-0.15, -0.1) is 0 Å². The fraction of sp³-hybridized carbons (Fsp3) is 0.500. The van der Waals surface area contributed by atoms with Crippen molar-refractivity contribution in [2.24, 2.45) is 0 Å². The summed E-state index contributed by atoms with van der Waals surface area (Å²) in [5.74, 6) is -0.866. The number of benzene rings is 1. The average Bonchev–Trinajstić information content (AvgIpc) is 2.39. The highest BCUT2D eigenvalue weighted by molar-refractivity contribution is 5.51. The minimum Gasteiger partial charge on any atom is -0.494 e. The number of nitrogens with zero attached hydrogens (tertiary/aromatic N) is 1. The van der Waals surface area contributed by atoms with Gasteiger partial charge in [-0.25, -0.2) is 4.39 Å². The molecule has 1 aromatic carbocycles. The smallest absolute Gasteiger partial charge is 0.314 e. The standard InChI is InChI=1S/C12H17FN2O4/c1-3-4-14-5-6-19-12-8-11(18-2)9(13)7-10(12)15(16)17/h7-8,14H,3-6H2,1-2H3. The van der Waals surface area contributed by atoms with Crippen LogP contribution >= 0.6 is 0 Å². The van der Waals surface area contributed by atoms with Crippen LogP contribution in [0.2, 0.25) is 0 Å². The SMILES string of the molecule is CCCNCCOc1cc(OC)c(F)cc1[N+](=O)[O-]. The summed E-state index contributed by atoms with van der Waals surface area (Å²) in [6, 6.07) is 1.99. The third-order valence-corrected chi connectivity index (χ3v) is 2.39. The van der Waals surface area contributed by atoms with Crippen LogP contribution in [0.3, 0.4) is 0 Å². The second-order valence-electron chi connectivity index (χ2n) is 3.81. The zero-order chi connectivity index (χ0) is 14.3. The number of hydrogen-bond acceptors (Lipinski definition) is 5. The molecule has 6 nitrogen and oxygen atoms in total. The van der Waals surface area contributed by atoms with Gasteiger partial charge in [0.05, 0.1) is 18.1 Å². The van der Waals surface area contributed by atoms with Crippen LogP contribution in [0.4, 0.5) is 10.1 Å². The summed E-state index contributed by atoms with van der Waals surface area (Å²) < 4.78 is 23.4. The second-order valence-corrected chi connectivity index (χ2v) is 3.81. The molecule has 0 radical (unpaired) electrons. The van der Waals surface area contributed by atoms with Crippen LogP contribution < -0.4 is 14.8 Å². The molecule has 0 aliphatic heterocycles. The molecule has 0 aliphatic carbocycles. The van der Waals surface area contributed by atoms with Crippen LogP contribution in [0.15, 0.2) is 12.1 Å². The minimum atomic E-state index is -0.786. The lowest BCUT2D eigenvalue weighted by Gasteiger charge is -2.09. The first-order valence-corrected chi connectivity index (χ1v) is 5.95. The van der Waals surface area contributed by atoms with Crippen molar-refractivity contribution in [3.05, 3.63) is 28.1 Å². The van der Waals surface area contributed by atoms with E-state index in [1.54, 1.807) is 0 Å². The molecule has 0 atom stereocenters. The molecule has 0 saturated heterocycles. The number of halogens is 1. The van der Waals surface area contributed by atoms with E-state index in [1.807, 2.05) is 6.92 Å². The Morgan fingerprint density at radius 2 is 2.11 bits per heavy atom. The van der Waals surface area contributed by atoms with Crippen LogP contribution in [0.25, 0.3) is 0 Å². The summed E-state index contributed by atoms with van der Waals surface area (Å²) in [6.45, 7) is 3.70. The van der Waals surface area contributed by atoms with E-state index in [1.165, 1.54) is 13.2 Å². The first kappa shape index (κ1) is 15.2. The van der Waals surface area contributed by atoms with E-state index in [9.17, 15) is 14.5 Å². The largest absolute Gasteiger partial charge is 0.494 e. The topological polar surface area (TPSA) is 73.6 Å². The van der Waals surface area contributed by atoms with E-state index in [0.717, 1.165) is 19.0 Å². The predicted molar refractivity (Wildman–Crippen MR) is 68.3 cm³/mol. The van der Waals surface area contributed by atoms with Crippen molar-refractivity contribution in [1.29, 1.82) is 0 Å². The number of nitrogens with one attached hydrogen (secondary N) is 1. The highest BCUT2D eigenvalue weighted by Gasteiger charge is 2.20. The molecule has 0 heterocycles. The van der Waals surface area contributed by atoms with Gasteiger partial charge in [-0.2, -0.15) is 0 Å². The maximum atomic E-state index is 13.4. The average molecular weight is 272 g/mol. The van der Waals surface area contributed by atoms with E-state index < -0.39 is 16.4 Å². The van der Waals surface area contributed by atoms with Crippen molar-refractivity contribution in [2.45, 2.75) is 13.3 Å². The fourth-order valence-corrected chi connectivity index (χ4v) is 1.47. The highest BCUT2D eigenvalue weighted by atomic mass is 19.1. The first-order chi connectivity index (χ1) is 9.10. The Bertz CT molecular complexity index is 440. The zero-order valence-electron chi connectivity index (χ0n) is 10.9. The summed E-state index contributed by atoms with van der Waals surface area (Å²) in [4.78, 5) is 10.1. The summed E-state index contributed by atoms with van der Waals surface area (Å²) in [6.07, 6.45) is 0.991. The van der Waals surface area contributed by atoms with Gasteiger partial charge < -0.3 is 14.8 Å². The summed E-state index contributed by atoms with van der Waals surface area (Å²) in [7, 11) is 1.29. The third-order valence-electron chi connectivity index (χ3n) is 2.39. The molecule has 0 amide bonds. The molecule has 1 aromatic rings. The van der Waals surface area contributed by atoms with Crippen molar-refractivity contribution in [2.75, 3.05) is 26.8 Å². The molecule has 106 valence electrons. The normalized spacial score (nSPS) is 10.3. The Hall–Kier alpha value is -1.89. The Morgan fingerprint density at radius 1 is 1.37 bits per heavy atom. The maximum Gasteiger partial charge on any atom is 0.314 e. The van der Waals surface area contributed by atoms with Gasteiger partial charge in [-0.1, -0.05) is 6.92 Å². The highest BCUT2D eigenvalue weighted by Crippen LogP contribution is 2.33. The lowest BCUT2D eigenvalue weighted by molar-refractivity contribution is -0.386. The summed E-state index contributed by atoms with van der Waals surface area (Å²) in [5, 5.41) is 13.9. The van der Waals surface area contributed by atoms with Crippen LogP contribution in [0.1, 0.15) is 13.3 Å². The number of hydrogen-bond donors (Lipinski definition) is 1. The molecule has 0 unspecified atom stereocenters. The van der Waals surface area contributed by atoms with E-state index in [-0.39, 0.29) is 18.1 Å². The molecular weight excluding hydrogens is 255 g/mol. The predicted octanol–water partition coefficient (Wildman–Crippen LogP) is 2.12. The van der Waals surface area contributed by atoms with Gasteiger partial charge in [-0.3, -0.25) is 10.1 Å². The molecular formula is C12H17FN2O4. The third kappa shape index (κ3) is 4.36. The molecule has 0 aromatic heterocycles. The van der Waals surface area contributed by atoms with Crippen molar-refractivity contribution in [3.8, 4) is 11.5 Å². The van der Waals surface area contributed by atoms with Crippen molar-refractivity contribution < 1.29 is 18.8 Å². The van der Waals surface area contributed by atoms with Gasteiger partial charge in [0.2, 0.25) is 5.75 Å². The van der Waals surface area contributed by atoms with Gasteiger partial charge in [0.15, 0.2) is 11.6 Å². The van der Waals surface area contributed by atoms with E-state index in [4.69, 9.17) is 9.47 Å². The van der Waals surface area contributed by atoms with Gasteiger partial charge in [0.1, 0.15) is 6.61 Å². The van der Waals surface area contributed by atoms with Gasteiger partial charge in [-0.05, 0) is 13.0 Å². The molecule has 0 fully saturated rings. The second kappa shape index (κ2) is 7.52. The van der Waals surface area contributed by atoms with Crippen molar-refractivity contribution in [1.82, 2.24) is 5.32 Å². The number of methoxy groups -OCH3 is 1. The zero-order valence-corrected chi connectivity index (χ0v) is 10.9. The molecule has 1 rings (SSSR count). The Kier molecular flexibility index (Phi) is 6.01. The first-order valence-electron chi connectivity index (χ1n) is 5.95. The quantitative estimate of drug-likeness (QED) is 0.446. The number of nitro groups is 1. The minimum absolute atomic E-state index is 0.00143. The molecule has 0 bridgehead atoms. The Labute approximate surface area is 110 Å². The summed E-state index contributed by atoms with van der Waals surface area (Å²) >= 11 is 0. The van der Waals surface area contributed by atoms with Gasteiger partial charge >= 0.3 is 5.69 Å². The molecule has 19 heavy (non-hydrogen) atoms. The molecule has 0 aliphatic rings. The summed E-state index contributed by atoms with van der Waals surface area (Å²) in [5.41, 5.74) is -0.409. The van der Waals surface area contributed by atoms with E-state index in [2.05, 4.69) is 5.32 Å². The van der Waals surface area contributed by atoms with Gasteiger partial charge in [0.25, 0.3) is 0 Å². The van der Waals surface area contributed by atoms with Crippen molar-refractivity contribution in [3.63, 3.8) is 0 Å². The number of nitro benzene ring substituents is 1. The lowest BCUT2D eigenvalue weighted by Crippen LogP contribution is -2.21. The van der Waals surface area contributed by atoms with Crippen LogP contribution in [-0.2, 0) is 0 Å². The molecule has 7 heteroatoms.